The third-order valence-corrected chi connectivity index (χ3v) is 5.43. The van der Waals surface area contributed by atoms with Crippen LogP contribution >= 0.6 is 0 Å². The van der Waals surface area contributed by atoms with Crippen molar-refractivity contribution in [1.82, 2.24) is 10.4 Å². The monoisotopic (exact) mass is 427 g/mol. The molecule has 4 aromatic carbocycles. The van der Waals surface area contributed by atoms with Crippen molar-refractivity contribution in [3.63, 3.8) is 0 Å². The van der Waals surface area contributed by atoms with Gasteiger partial charge in [-0.15, -0.1) is 0 Å². The first-order valence-corrected chi connectivity index (χ1v) is 10.7. The Balaban J connectivity index is 1.37. The SMILES string of the molecule is O=C(N/N=C\c1ccc(-c2ccccc2)cc1)c1cc(-c2ccccc2)nc2ccccc12. The first-order valence-electron chi connectivity index (χ1n) is 10.7. The standard InChI is InChI=1S/C29H21N3O/c33-29(32-30-20-21-15-17-23(18-16-21)22-9-3-1-4-10-22)26-19-28(24-11-5-2-6-12-24)31-27-14-8-7-13-25(26)27/h1-20H,(H,32,33)/b30-20-. The molecule has 1 heterocycles. The maximum atomic E-state index is 13.0. The summed E-state index contributed by atoms with van der Waals surface area (Å²) in [6, 6.07) is 37.5. The topological polar surface area (TPSA) is 54.4 Å². The average molecular weight is 428 g/mol. The molecular formula is C29H21N3O. The number of fused-ring (bicyclic) bond motifs is 1. The molecule has 0 aliphatic rings. The molecule has 4 heteroatoms. The van der Waals surface area contributed by atoms with Gasteiger partial charge in [0.15, 0.2) is 0 Å². The second-order valence-electron chi connectivity index (χ2n) is 7.63. The number of carbonyl (C=O) groups is 1. The number of para-hydroxylation sites is 1. The summed E-state index contributed by atoms with van der Waals surface area (Å²) in [5.41, 5.74) is 8.88. The number of aromatic nitrogens is 1. The highest BCUT2D eigenvalue weighted by molar-refractivity contribution is 6.07. The van der Waals surface area contributed by atoms with Crippen LogP contribution in [0.1, 0.15) is 15.9 Å². The smallest absolute Gasteiger partial charge is 0.267 e. The lowest BCUT2D eigenvalue weighted by molar-refractivity contribution is 0.0956. The molecule has 4 nitrogen and oxygen atoms in total. The van der Waals surface area contributed by atoms with E-state index in [-0.39, 0.29) is 5.91 Å². The summed E-state index contributed by atoms with van der Waals surface area (Å²) in [5, 5.41) is 4.97. The van der Waals surface area contributed by atoms with E-state index in [1.165, 1.54) is 0 Å². The van der Waals surface area contributed by atoms with Gasteiger partial charge in [-0.05, 0) is 28.8 Å². The predicted molar refractivity (Wildman–Crippen MR) is 134 cm³/mol. The van der Waals surface area contributed by atoms with Crippen molar-refractivity contribution >= 4 is 23.0 Å². The zero-order valence-corrected chi connectivity index (χ0v) is 17.8. The van der Waals surface area contributed by atoms with Crippen LogP contribution < -0.4 is 5.43 Å². The van der Waals surface area contributed by atoms with Gasteiger partial charge in [0.1, 0.15) is 0 Å². The Morgan fingerprint density at radius 3 is 2.03 bits per heavy atom. The Morgan fingerprint density at radius 2 is 1.30 bits per heavy atom. The van der Waals surface area contributed by atoms with E-state index >= 15 is 0 Å². The number of nitrogens with one attached hydrogen (secondary N) is 1. The van der Waals surface area contributed by atoms with Crippen LogP contribution in [-0.2, 0) is 0 Å². The molecule has 0 spiro atoms. The second-order valence-corrected chi connectivity index (χ2v) is 7.63. The molecule has 158 valence electrons. The van der Waals surface area contributed by atoms with E-state index in [1.54, 1.807) is 6.21 Å². The summed E-state index contributed by atoms with van der Waals surface area (Å²) in [6.07, 6.45) is 1.65. The number of hydrogen-bond acceptors (Lipinski definition) is 3. The molecule has 0 saturated carbocycles. The van der Waals surface area contributed by atoms with Crippen molar-refractivity contribution in [2.75, 3.05) is 0 Å². The first-order chi connectivity index (χ1) is 16.3. The highest BCUT2D eigenvalue weighted by Gasteiger charge is 2.13. The van der Waals surface area contributed by atoms with Gasteiger partial charge < -0.3 is 0 Å². The molecule has 0 aliphatic heterocycles. The number of pyridine rings is 1. The molecule has 0 atom stereocenters. The highest BCUT2D eigenvalue weighted by atomic mass is 16.2. The molecule has 0 radical (unpaired) electrons. The average Bonchev–Trinajstić information content (AvgIpc) is 2.89. The fourth-order valence-corrected chi connectivity index (χ4v) is 3.74. The number of carbonyl (C=O) groups excluding carboxylic acids is 1. The molecule has 5 rings (SSSR count). The zero-order chi connectivity index (χ0) is 22.5. The number of benzene rings is 4. The Bertz CT molecular complexity index is 1430. The first kappa shape index (κ1) is 20.3. The predicted octanol–water partition coefficient (Wildman–Crippen LogP) is 6.33. The molecule has 0 saturated heterocycles. The highest BCUT2D eigenvalue weighted by Crippen LogP contribution is 2.25. The van der Waals surface area contributed by atoms with Crippen LogP contribution in [0.15, 0.2) is 120 Å². The fourth-order valence-electron chi connectivity index (χ4n) is 3.74. The summed E-state index contributed by atoms with van der Waals surface area (Å²) < 4.78 is 0. The number of nitrogens with zero attached hydrogens (tertiary/aromatic N) is 2. The van der Waals surface area contributed by atoms with Crippen LogP contribution in [0.4, 0.5) is 0 Å². The van der Waals surface area contributed by atoms with Gasteiger partial charge in [-0.1, -0.05) is 103 Å². The van der Waals surface area contributed by atoms with Gasteiger partial charge >= 0.3 is 0 Å². The Labute approximate surface area is 192 Å². The third kappa shape index (κ3) is 4.55. The van der Waals surface area contributed by atoms with Crippen LogP contribution in [0.3, 0.4) is 0 Å². The number of rotatable bonds is 5. The van der Waals surface area contributed by atoms with E-state index in [9.17, 15) is 4.79 Å². The second kappa shape index (κ2) is 9.28. The third-order valence-electron chi connectivity index (χ3n) is 5.43. The normalized spacial score (nSPS) is 11.0. The summed E-state index contributed by atoms with van der Waals surface area (Å²) in [5.74, 6) is -0.275. The molecule has 1 aromatic heterocycles. The van der Waals surface area contributed by atoms with E-state index in [0.717, 1.165) is 38.9 Å². The largest absolute Gasteiger partial charge is 0.272 e. The summed E-state index contributed by atoms with van der Waals surface area (Å²) in [6.45, 7) is 0. The minimum Gasteiger partial charge on any atom is -0.267 e. The molecule has 0 fully saturated rings. The van der Waals surface area contributed by atoms with Gasteiger partial charge in [-0.25, -0.2) is 10.4 Å². The van der Waals surface area contributed by atoms with Crippen LogP contribution in [0.2, 0.25) is 0 Å². The lowest BCUT2D eigenvalue weighted by Crippen LogP contribution is -2.18. The maximum absolute atomic E-state index is 13.0. The van der Waals surface area contributed by atoms with Crippen LogP contribution in [0, 0.1) is 0 Å². The van der Waals surface area contributed by atoms with Gasteiger partial charge in [0.2, 0.25) is 0 Å². The van der Waals surface area contributed by atoms with E-state index in [4.69, 9.17) is 4.98 Å². The van der Waals surface area contributed by atoms with E-state index < -0.39 is 0 Å². The number of amides is 1. The Morgan fingerprint density at radius 1 is 0.697 bits per heavy atom. The van der Waals surface area contributed by atoms with Crippen LogP contribution in [-0.4, -0.2) is 17.1 Å². The van der Waals surface area contributed by atoms with Crippen molar-refractivity contribution < 1.29 is 4.79 Å². The molecular weight excluding hydrogens is 406 g/mol. The molecule has 1 N–H and O–H groups in total. The maximum Gasteiger partial charge on any atom is 0.272 e. The minimum atomic E-state index is -0.275. The molecule has 5 aromatic rings. The Kier molecular flexibility index (Phi) is 5.72. The number of hydrazone groups is 1. The van der Waals surface area contributed by atoms with Crippen molar-refractivity contribution in [3.8, 4) is 22.4 Å². The van der Waals surface area contributed by atoms with Gasteiger partial charge in [0, 0.05) is 10.9 Å². The minimum absolute atomic E-state index is 0.275. The van der Waals surface area contributed by atoms with Gasteiger partial charge in [0.25, 0.3) is 5.91 Å². The summed E-state index contributed by atoms with van der Waals surface area (Å²) in [4.78, 5) is 17.8. The van der Waals surface area contributed by atoms with Crippen molar-refractivity contribution in [3.05, 3.63) is 126 Å². The van der Waals surface area contributed by atoms with Gasteiger partial charge in [-0.3, -0.25) is 4.79 Å². The van der Waals surface area contributed by atoms with Gasteiger partial charge in [0.05, 0.1) is 23.0 Å². The lowest BCUT2D eigenvalue weighted by Gasteiger charge is -2.09. The molecule has 1 amide bonds. The van der Waals surface area contributed by atoms with Crippen molar-refractivity contribution in [2.45, 2.75) is 0 Å². The quantitative estimate of drug-likeness (QED) is 0.263. The molecule has 0 bridgehead atoms. The molecule has 33 heavy (non-hydrogen) atoms. The van der Waals surface area contributed by atoms with Gasteiger partial charge in [-0.2, -0.15) is 5.10 Å². The molecule has 0 aliphatic carbocycles. The van der Waals surface area contributed by atoms with Crippen LogP contribution in [0.5, 0.6) is 0 Å². The van der Waals surface area contributed by atoms with Crippen molar-refractivity contribution in [2.24, 2.45) is 5.10 Å². The zero-order valence-electron chi connectivity index (χ0n) is 17.8. The van der Waals surface area contributed by atoms with E-state index in [1.807, 2.05) is 103 Å². The summed E-state index contributed by atoms with van der Waals surface area (Å²) >= 11 is 0. The Hall–Kier alpha value is -4.57. The van der Waals surface area contributed by atoms with E-state index in [2.05, 4.69) is 22.7 Å². The fraction of sp³-hybridized carbons (Fsp3) is 0. The lowest BCUT2D eigenvalue weighted by atomic mass is 10.0. The van der Waals surface area contributed by atoms with Crippen molar-refractivity contribution in [1.29, 1.82) is 0 Å². The number of hydrogen-bond donors (Lipinski definition) is 1. The summed E-state index contributed by atoms with van der Waals surface area (Å²) in [7, 11) is 0. The van der Waals surface area contributed by atoms with Crippen LogP contribution in [0.25, 0.3) is 33.3 Å². The molecule has 0 unspecified atom stereocenters. The van der Waals surface area contributed by atoms with E-state index in [0.29, 0.717) is 5.56 Å².